The summed E-state index contributed by atoms with van der Waals surface area (Å²) >= 11 is 5.76. The molecule has 0 spiro atoms. The number of halogens is 1. The number of carbonyl (C=O) groups excluding carboxylic acids is 1. The molecule has 0 radical (unpaired) electrons. The van der Waals surface area contributed by atoms with Gasteiger partial charge in [-0.15, -0.1) is 0 Å². The topological polar surface area (TPSA) is 40.5 Å². The summed E-state index contributed by atoms with van der Waals surface area (Å²) in [7, 11) is 0. The third-order valence-corrected chi connectivity index (χ3v) is 3.88. The predicted molar refractivity (Wildman–Crippen MR) is 72.0 cm³/mol. The molecule has 2 rings (SSSR count). The Morgan fingerprint density at radius 3 is 2.78 bits per heavy atom. The number of amides is 1. The van der Waals surface area contributed by atoms with E-state index in [1.54, 1.807) is 12.1 Å². The number of hydrogen-bond acceptors (Lipinski definition) is 2. The van der Waals surface area contributed by atoms with Gasteiger partial charge in [-0.2, -0.15) is 0 Å². The summed E-state index contributed by atoms with van der Waals surface area (Å²) in [6.45, 7) is 5.90. The predicted octanol–water partition coefficient (Wildman–Crippen LogP) is 3.16. The Kier molecular flexibility index (Phi) is 3.81. The van der Waals surface area contributed by atoms with E-state index in [9.17, 15) is 9.90 Å². The second kappa shape index (κ2) is 5.19. The number of rotatable bonds is 2. The summed E-state index contributed by atoms with van der Waals surface area (Å²) in [5.74, 6) is 0.998. The molecule has 4 heteroatoms. The van der Waals surface area contributed by atoms with Crippen LogP contribution in [0.25, 0.3) is 0 Å². The molecule has 1 aromatic rings. The molecule has 18 heavy (non-hydrogen) atoms. The van der Waals surface area contributed by atoms with Crippen molar-refractivity contribution >= 4 is 17.5 Å². The van der Waals surface area contributed by atoms with E-state index in [0.29, 0.717) is 22.4 Å². The van der Waals surface area contributed by atoms with Crippen molar-refractivity contribution in [1.29, 1.82) is 0 Å². The Bertz CT molecular complexity index is 459. The van der Waals surface area contributed by atoms with Gasteiger partial charge in [0.15, 0.2) is 0 Å². The number of aromatic hydroxyl groups is 1. The number of phenolic OH excluding ortho intramolecular Hbond substituents is 1. The highest BCUT2D eigenvalue weighted by atomic mass is 35.5. The summed E-state index contributed by atoms with van der Waals surface area (Å²) in [6, 6.07) is 4.62. The van der Waals surface area contributed by atoms with Gasteiger partial charge in [0.05, 0.1) is 5.56 Å². The Morgan fingerprint density at radius 2 is 2.22 bits per heavy atom. The molecule has 1 amide bonds. The van der Waals surface area contributed by atoms with E-state index >= 15 is 0 Å². The smallest absolute Gasteiger partial charge is 0.257 e. The minimum absolute atomic E-state index is 0.0412. The molecule has 1 aliphatic rings. The molecule has 1 N–H and O–H groups in total. The normalized spacial score (nSPS) is 19.6. The molecule has 0 aliphatic carbocycles. The molecule has 1 atom stereocenters. The van der Waals surface area contributed by atoms with Crippen molar-refractivity contribution in [3.05, 3.63) is 28.8 Å². The first-order valence-electron chi connectivity index (χ1n) is 6.27. The van der Waals surface area contributed by atoms with Crippen LogP contribution in [0, 0.1) is 11.8 Å². The lowest BCUT2D eigenvalue weighted by atomic mass is 9.95. The summed E-state index contributed by atoms with van der Waals surface area (Å²) in [4.78, 5) is 14.1. The van der Waals surface area contributed by atoms with Crippen molar-refractivity contribution < 1.29 is 9.90 Å². The highest BCUT2D eigenvalue weighted by molar-refractivity contribution is 6.30. The van der Waals surface area contributed by atoms with Gasteiger partial charge in [0.1, 0.15) is 5.75 Å². The highest BCUT2D eigenvalue weighted by Gasteiger charge is 2.29. The van der Waals surface area contributed by atoms with Crippen LogP contribution >= 0.6 is 11.6 Å². The number of benzene rings is 1. The Hall–Kier alpha value is -1.22. The summed E-state index contributed by atoms with van der Waals surface area (Å²) < 4.78 is 0. The Morgan fingerprint density at radius 1 is 1.50 bits per heavy atom. The van der Waals surface area contributed by atoms with Crippen LogP contribution in [0.5, 0.6) is 5.75 Å². The first-order chi connectivity index (χ1) is 8.49. The molecule has 1 fully saturated rings. The molecule has 1 heterocycles. The monoisotopic (exact) mass is 267 g/mol. The SMILES string of the molecule is CC(C)C1CCN(C(=O)c2ccc(Cl)cc2O)C1. The van der Waals surface area contributed by atoms with Gasteiger partial charge in [-0.1, -0.05) is 25.4 Å². The van der Waals surface area contributed by atoms with Gasteiger partial charge >= 0.3 is 0 Å². The maximum Gasteiger partial charge on any atom is 0.257 e. The van der Waals surface area contributed by atoms with Crippen LogP contribution in [-0.4, -0.2) is 29.0 Å². The van der Waals surface area contributed by atoms with Gasteiger partial charge in [0.25, 0.3) is 5.91 Å². The highest BCUT2D eigenvalue weighted by Crippen LogP contribution is 2.28. The fourth-order valence-corrected chi connectivity index (χ4v) is 2.54. The number of nitrogens with zero attached hydrogens (tertiary/aromatic N) is 1. The fraction of sp³-hybridized carbons (Fsp3) is 0.500. The van der Waals surface area contributed by atoms with Crippen molar-refractivity contribution in [3.63, 3.8) is 0 Å². The third kappa shape index (κ3) is 2.61. The lowest BCUT2D eigenvalue weighted by Crippen LogP contribution is -2.29. The number of carbonyl (C=O) groups is 1. The van der Waals surface area contributed by atoms with Crippen LogP contribution in [0.15, 0.2) is 18.2 Å². The zero-order valence-electron chi connectivity index (χ0n) is 10.7. The maximum atomic E-state index is 12.3. The first-order valence-corrected chi connectivity index (χ1v) is 6.64. The molecule has 0 saturated carbocycles. The second-order valence-electron chi connectivity index (χ2n) is 5.21. The van der Waals surface area contributed by atoms with Gasteiger partial charge < -0.3 is 10.0 Å². The van der Waals surface area contributed by atoms with Gasteiger partial charge in [-0.05, 0) is 36.5 Å². The maximum absolute atomic E-state index is 12.3. The number of phenols is 1. The lowest BCUT2D eigenvalue weighted by Gasteiger charge is -2.18. The molecule has 1 aliphatic heterocycles. The van der Waals surface area contributed by atoms with Crippen LogP contribution < -0.4 is 0 Å². The minimum Gasteiger partial charge on any atom is -0.507 e. The third-order valence-electron chi connectivity index (χ3n) is 3.64. The van der Waals surface area contributed by atoms with Crippen LogP contribution in [0.2, 0.25) is 5.02 Å². The summed E-state index contributed by atoms with van der Waals surface area (Å²) in [5, 5.41) is 10.2. The molecule has 0 aromatic heterocycles. The van der Waals surface area contributed by atoms with E-state index in [-0.39, 0.29) is 11.7 Å². The molecule has 98 valence electrons. The minimum atomic E-state index is -0.104. The zero-order valence-corrected chi connectivity index (χ0v) is 11.4. The van der Waals surface area contributed by atoms with E-state index in [0.717, 1.165) is 19.5 Å². The largest absolute Gasteiger partial charge is 0.507 e. The number of likely N-dealkylation sites (tertiary alicyclic amines) is 1. The van der Waals surface area contributed by atoms with E-state index < -0.39 is 0 Å². The van der Waals surface area contributed by atoms with Crippen LogP contribution in [-0.2, 0) is 0 Å². The summed E-state index contributed by atoms with van der Waals surface area (Å²) in [5.41, 5.74) is 0.337. The second-order valence-corrected chi connectivity index (χ2v) is 5.64. The van der Waals surface area contributed by atoms with E-state index in [1.807, 2.05) is 4.90 Å². The number of hydrogen-bond donors (Lipinski definition) is 1. The molecular weight excluding hydrogens is 250 g/mol. The zero-order chi connectivity index (χ0) is 13.3. The molecule has 1 saturated heterocycles. The molecule has 0 bridgehead atoms. The van der Waals surface area contributed by atoms with Crippen molar-refractivity contribution in [2.45, 2.75) is 20.3 Å². The Labute approximate surface area is 112 Å². The first kappa shape index (κ1) is 13.2. The van der Waals surface area contributed by atoms with Crippen LogP contribution in [0.1, 0.15) is 30.6 Å². The fourth-order valence-electron chi connectivity index (χ4n) is 2.37. The van der Waals surface area contributed by atoms with Gasteiger partial charge in [-0.3, -0.25) is 4.79 Å². The van der Waals surface area contributed by atoms with Gasteiger partial charge in [0.2, 0.25) is 0 Å². The van der Waals surface area contributed by atoms with E-state index in [1.165, 1.54) is 6.07 Å². The van der Waals surface area contributed by atoms with Crippen molar-refractivity contribution in [3.8, 4) is 5.75 Å². The molecule has 1 aromatic carbocycles. The van der Waals surface area contributed by atoms with Gasteiger partial charge in [0, 0.05) is 18.1 Å². The quantitative estimate of drug-likeness (QED) is 0.894. The summed E-state index contributed by atoms with van der Waals surface area (Å²) in [6.07, 6.45) is 1.04. The van der Waals surface area contributed by atoms with Crippen molar-refractivity contribution in [1.82, 2.24) is 4.90 Å². The van der Waals surface area contributed by atoms with Crippen LogP contribution in [0.3, 0.4) is 0 Å². The lowest BCUT2D eigenvalue weighted by molar-refractivity contribution is 0.0781. The van der Waals surface area contributed by atoms with E-state index in [4.69, 9.17) is 11.6 Å². The van der Waals surface area contributed by atoms with Crippen molar-refractivity contribution in [2.24, 2.45) is 11.8 Å². The van der Waals surface area contributed by atoms with E-state index in [2.05, 4.69) is 13.8 Å². The molecule has 1 unspecified atom stereocenters. The average Bonchev–Trinajstić information content (AvgIpc) is 2.77. The average molecular weight is 268 g/mol. The van der Waals surface area contributed by atoms with Crippen LogP contribution in [0.4, 0.5) is 0 Å². The van der Waals surface area contributed by atoms with Gasteiger partial charge in [-0.25, -0.2) is 0 Å². The molecule has 3 nitrogen and oxygen atoms in total. The molecular formula is C14H18ClNO2. The van der Waals surface area contributed by atoms with Crippen molar-refractivity contribution in [2.75, 3.05) is 13.1 Å². The standard InChI is InChI=1S/C14H18ClNO2/c1-9(2)10-5-6-16(8-10)14(18)12-4-3-11(15)7-13(12)17/h3-4,7,9-10,17H,5-6,8H2,1-2H3. The Balaban J connectivity index is 2.13.